The fourth-order valence-electron chi connectivity index (χ4n) is 6.59. The molecule has 1 aliphatic heterocycles. The van der Waals surface area contributed by atoms with Crippen molar-refractivity contribution in [2.24, 2.45) is 11.1 Å². The third-order valence-corrected chi connectivity index (χ3v) is 10.9. The molecule has 1 atom stereocenters. The molecule has 1 aromatic heterocycles. The van der Waals surface area contributed by atoms with Crippen LogP contribution in [0.2, 0.25) is 0 Å². The maximum atomic E-state index is 13.4. The van der Waals surface area contributed by atoms with Gasteiger partial charge in [0.15, 0.2) is 0 Å². The normalized spacial score (nSPS) is 17.1. The Kier molecular flexibility index (Phi) is 9.08. The number of nitrogens with one attached hydrogen (secondary N) is 1. The van der Waals surface area contributed by atoms with Crippen molar-refractivity contribution in [2.75, 3.05) is 0 Å². The monoisotopic (exact) mass is 642 g/mol. The molecule has 1 spiro atoms. The largest absolute Gasteiger partial charge is 0.487 e. The first-order valence-corrected chi connectivity index (χ1v) is 17.7. The van der Waals surface area contributed by atoms with Crippen LogP contribution in [-0.4, -0.2) is 26.0 Å². The highest BCUT2D eigenvalue weighted by Crippen LogP contribution is 2.43. The molecule has 0 amide bonds. The molecule has 0 saturated heterocycles. The molecule has 8 nitrogen and oxygen atoms in total. The number of ether oxygens (including phenoxy) is 1. The van der Waals surface area contributed by atoms with E-state index < -0.39 is 28.0 Å². The first-order chi connectivity index (χ1) is 22.0. The van der Waals surface area contributed by atoms with Gasteiger partial charge in [0.05, 0.1) is 4.90 Å². The first kappa shape index (κ1) is 32.0. The molecule has 0 bridgehead atoms. The van der Waals surface area contributed by atoms with Crippen LogP contribution in [0.15, 0.2) is 81.2 Å². The van der Waals surface area contributed by atoms with E-state index in [1.54, 1.807) is 26.0 Å². The average molecular weight is 643 g/mol. The number of carbonyl (C=O) groups is 1. The molecular formula is C37H42N2O6S. The Balaban J connectivity index is 1.36. The fourth-order valence-corrected chi connectivity index (χ4v) is 7.92. The number of hydrogen-bond acceptors (Lipinski definition) is 7. The van der Waals surface area contributed by atoms with E-state index in [2.05, 4.69) is 15.9 Å². The zero-order chi connectivity index (χ0) is 32.5. The predicted molar refractivity (Wildman–Crippen MR) is 177 cm³/mol. The van der Waals surface area contributed by atoms with Crippen LogP contribution >= 0.6 is 0 Å². The number of hydrogen-bond donors (Lipinski definition) is 1. The van der Waals surface area contributed by atoms with E-state index in [4.69, 9.17) is 14.0 Å². The molecule has 1 fully saturated rings. The Morgan fingerprint density at radius 1 is 0.978 bits per heavy atom. The van der Waals surface area contributed by atoms with E-state index in [0.29, 0.717) is 12.0 Å². The summed E-state index contributed by atoms with van der Waals surface area (Å²) in [7, 11) is -3.98. The predicted octanol–water partition coefficient (Wildman–Crippen LogP) is 7.03. The minimum atomic E-state index is -3.98. The van der Waals surface area contributed by atoms with E-state index in [0.717, 1.165) is 59.1 Å². The first-order valence-electron chi connectivity index (χ1n) is 16.2. The van der Waals surface area contributed by atoms with Gasteiger partial charge >= 0.3 is 5.97 Å². The third-order valence-electron chi connectivity index (χ3n) is 9.40. The minimum Gasteiger partial charge on any atom is -0.487 e. The van der Waals surface area contributed by atoms with Gasteiger partial charge in [0.2, 0.25) is 10.0 Å². The summed E-state index contributed by atoms with van der Waals surface area (Å²) in [5, 5.41) is 5.20. The van der Waals surface area contributed by atoms with Crippen LogP contribution in [0.3, 0.4) is 0 Å². The number of benzene rings is 3. The Labute approximate surface area is 270 Å². The van der Waals surface area contributed by atoms with Crippen LogP contribution in [0.5, 0.6) is 5.75 Å². The average Bonchev–Trinajstić information content (AvgIpc) is 3.04. The van der Waals surface area contributed by atoms with E-state index in [9.17, 15) is 13.2 Å². The van der Waals surface area contributed by atoms with E-state index in [1.807, 2.05) is 50.2 Å². The fraction of sp³-hybridized carbons (Fsp3) is 0.405. The summed E-state index contributed by atoms with van der Waals surface area (Å²) >= 11 is 0. The third kappa shape index (κ3) is 6.76. The van der Waals surface area contributed by atoms with Crippen molar-refractivity contribution in [3.05, 3.63) is 100 Å². The summed E-state index contributed by atoms with van der Waals surface area (Å²) in [5.41, 5.74) is 5.55. The van der Waals surface area contributed by atoms with Crippen LogP contribution < -0.4 is 15.0 Å². The smallest absolute Gasteiger partial charge is 0.353 e. The van der Waals surface area contributed by atoms with Gasteiger partial charge in [-0.05, 0) is 98.3 Å². The standard InChI is InChI=1S/C37H42N2O6S/c1-24(2)34(39-46(41,42)29-15-13-25(3)14-16-29)36(40)45-38-35-31(21-27-11-7-5-8-12-27)26(4)30-22-28-17-20-37(18-9-6-10-19-37)44-32(28)23-33(30)43-35/h5,7-8,11-16,22-24,34,39H,6,9-10,17-21H2,1-4H3/t34-/m1/s1. The van der Waals surface area contributed by atoms with Crippen molar-refractivity contribution < 1.29 is 27.2 Å². The molecule has 6 rings (SSSR count). The van der Waals surface area contributed by atoms with Gasteiger partial charge in [0, 0.05) is 23.4 Å². The highest BCUT2D eigenvalue weighted by atomic mass is 32.2. The Morgan fingerprint density at radius 2 is 1.70 bits per heavy atom. The summed E-state index contributed by atoms with van der Waals surface area (Å²) in [6, 6.07) is 19.4. The lowest BCUT2D eigenvalue weighted by atomic mass is 9.79. The molecule has 2 aliphatic rings. The second kappa shape index (κ2) is 13.0. The van der Waals surface area contributed by atoms with Crippen molar-refractivity contribution >= 4 is 27.0 Å². The molecule has 1 aliphatic carbocycles. The number of carbonyl (C=O) groups excluding carboxylic acids is 1. The molecule has 0 radical (unpaired) electrons. The SMILES string of the molecule is Cc1ccc(S(=O)(=O)N[C@@H](C(=O)ON=c2oc3cc4c(cc3c(C)c2Cc2ccccc2)CCC2(CCCCC2)O4)C(C)C)cc1. The number of fused-ring (bicyclic) bond motifs is 2. The van der Waals surface area contributed by atoms with Gasteiger partial charge in [-0.25, -0.2) is 13.2 Å². The molecule has 3 aromatic carbocycles. The second-order valence-electron chi connectivity index (χ2n) is 13.1. The summed E-state index contributed by atoms with van der Waals surface area (Å²) in [4.78, 5) is 18.9. The molecule has 46 heavy (non-hydrogen) atoms. The lowest BCUT2D eigenvalue weighted by Gasteiger charge is -2.41. The van der Waals surface area contributed by atoms with Crippen molar-refractivity contribution in [1.82, 2.24) is 4.72 Å². The van der Waals surface area contributed by atoms with Crippen molar-refractivity contribution in [1.29, 1.82) is 0 Å². The number of nitrogens with zero attached hydrogens (tertiary/aromatic N) is 1. The Bertz CT molecular complexity index is 1910. The quantitative estimate of drug-likeness (QED) is 0.163. The maximum Gasteiger partial charge on any atom is 0.353 e. The van der Waals surface area contributed by atoms with Crippen LogP contribution in [-0.2, 0) is 32.5 Å². The minimum absolute atomic E-state index is 0.0688. The van der Waals surface area contributed by atoms with Crippen LogP contribution in [0.4, 0.5) is 0 Å². The summed E-state index contributed by atoms with van der Waals surface area (Å²) in [5.74, 6) is -0.386. The lowest BCUT2D eigenvalue weighted by Crippen LogP contribution is -2.45. The van der Waals surface area contributed by atoms with Crippen LogP contribution in [0.1, 0.15) is 80.2 Å². The van der Waals surface area contributed by atoms with Crippen LogP contribution in [0.25, 0.3) is 11.0 Å². The van der Waals surface area contributed by atoms with Crippen molar-refractivity contribution in [3.63, 3.8) is 0 Å². The van der Waals surface area contributed by atoms with Gasteiger partial charge in [-0.3, -0.25) is 0 Å². The topological polar surface area (TPSA) is 107 Å². The van der Waals surface area contributed by atoms with Crippen molar-refractivity contribution in [2.45, 2.75) is 95.6 Å². The van der Waals surface area contributed by atoms with Gasteiger partial charge in [-0.1, -0.05) is 68.3 Å². The highest BCUT2D eigenvalue weighted by Gasteiger charge is 2.38. The molecule has 242 valence electrons. The Morgan fingerprint density at radius 3 is 2.39 bits per heavy atom. The molecule has 1 N–H and O–H groups in total. The van der Waals surface area contributed by atoms with E-state index in [-0.39, 0.29) is 16.1 Å². The summed E-state index contributed by atoms with van der Waals surface area (Å²) < 4.78 is 41.9. The lowest BCUT2D eigenvalue weighted by molar-refractivity contribution is -0.147. The summed E-state index contributed by atoms with van der Waals surface area (Å²) in [6.07, 6.45) is 8.24. The number of aryl methyl sites for hydroxylation is 3. The van der Waals surface area contributed by atoms with Gasteiger partial charge in [-0.2, -0.15) is 4.72 Å². The van der Waals surface area contributed by atoms with Crippen molar-refractivity contribution in [3.8, 4) is 5.75 Å². The van der Waals surface area contributed by atoms with Gasteiger partial charge < -0.3 is 14.0 Å². The molecule has 0 unspecified atom stereocenters. The summed E-state index contributed by atoms with van der Waals surface area (Å²) in [6.45, 7) is 7.40. The molecular weight excluding hydrogens is 600 g/mol. The van der Waals surface area contributed by atoms with Crippen LogP contribution in [0, 0.1) is 19.8 Å². The zero-order valence-corrected chi connectivity index (χ0v) is 27.8. The van der Waals surface area contributed by atoms with E-state index >= 15 is 0 Å². The van der Waals surface area contributed by atoms with Gasteiger partial charge in [0.1, 0.15) is 23.0 Å². The van der Waals surface area contributed by atoms with Gasteiger partial charge in [0.25, 0.3) is 5.55 Å². The Hall–Kier alpha value is -3.95. The molecule has 2 heterocycles. The molecule has 9 heteroatoms. The highest BCUT2D eigenvalue weighted by molar-refractivity contribution is 7.89. The zero-order valence-electron chi connectivity index (χ0n) is 27.0. The second-order valence-corrected chi connectivity index (χ2v) is 14.8. The maximum absolute atomic E-state index is 13.4. The van der Waals surface area contributed by atoms with E-state index in [1.165, 1.54) is 37.0 Å². The molecule has 4 aromatic rings. The van der Waals surface area contributed by atoms with Gasteiger partial charge in [-0.15, -0.1) is 0 Å². The number of sulfonamides is 1. The number of rotatable bonds is 8. The molecule has 1 saturated carbocycles.